The summed E-state index contributed by atoms with van der Waals surface area (Å²) in [5.41, 5.74) is 3.35. The molecule has 0 saturated carbocycles. The minimum absolute atomic E-state index is 0.0744. The number of rotatable bonds is 26. The number of thiophene rings is 2. The van der Waals surface area contributed by atoms with Gasteiger partial charge in [0, 0.05) is 15.3 Å². The Balaban J connectivity index is 1.51. The molecule has 0 saturated heterocycles. The zero-order valence-electron chi connectivity index (χ0n) is 31.1. The minimum Gasteiger partial charge on any atom is -0.457 e. The molecule has 0 aliphatic carbocycles. The Morgan fingerprint density at radius 1 is 0.569 bits per heavy atom. The van der Waals surface area contributed by atoms with Gasteiger partial charge < -0.3 is 4.74 Å². The van der Waals surface area contributed by atoms with E-state index in [4.69, 9.17) is 4.74 Å². The van der Waals surface area contributed by atoms with Gasteiger partial charge in [-0.05, 0) is 117 Å². The molecule has 3 rings (SSSR count). The molecule has 1 aliphatic rings. The zero-order chi connectivity index (χ0) is 36.5. The first-order valence-electron chi connectivity index (χ1n) is 19.6. The zero-order valence-corrected chi connectivity index (χ0v) is 35.9. The van der Waals surface area contributed by atoms with Crippen LogP contribution in [0.5, 0.6) is 0 Å². The molecule has 2 aromatic heterocycles. The summed E-state index contributed by atoms with van der Waals surface area (Å²) in [4.78, 5) is 2.29. The summed E-state index contributed by atoms with van der Waals surface area (Å²) in [7, 11) is 0. The summed E-state index contributed by atoms with van der Waals surface area (Å²) in [5, 5.41) is 19.2. The third kappa shape index (κ3) is 17.5. The quantitative estimate of drug-likeness (QED) is 0.0700. The first-order chi connectivity index (χ1) is 25.0. The average Bonchev–Trinajstić information content (AvgIpc) is 3.68. The smallest absolute Gasteiger partial charge is 0.137 e. The summed E-state index contributed by atoms with van der Waals surface area (Å²) in [5.74, 6) is 1.20. The molecule has 0 amide bonds. The van der Waals surface area contributed by atoms with E-state index < -0.39 is 0 Å². The molecule has 51 heavy (non-hydrogen) atoms. The van der Waals surface area contributed by atoms with Gasteiger partial charge in [-0.2, -0.15) is 10.5 Å². The number of ether oxygens (including phenoxy) is 1. The van der Waals surface area contributed by atoms with Crippen molar-refractivity contribution in [3.05, 3.63) is 87.6 Å². The Labute approximate surface area is 334 Å². The number of hydrogen-bond donors (Lipinski definition) is 0. The van der Waals surface area contributed by atoms with E-state index in [0.717, 1.165) is 22.6 Å². The van der Waals surface area contributed by atoms with Gasteiger partial charge in [0.25, 0.3) is 0 Å². The van der Waals surface area contributed by atoms with Crippen molar-refractivity contribution in [1.82, 2.24) is 0 Å². The van der Waals surface area contributed by atoms with E-state index in [9.17, 15) is 10.5 Å². The number of aryl methyl sites for hydroxylation is 2. The fraction of sp³-hybridized carbons (Fsp3) is 0.545. The number of hydrogen-bond acceptors (Lipinski definition) is 5. The molecule has 0 atom stereocenters. The third-order valence-electron chi connectivity index (χ3n) is 9.32. The van der Waals surface area contributed by atoms with Crippen LogP contribution in [0.1, 0.15) is 163 Å². The second-order valence-electron chi connectivity index (χ2n) is 13.7. The molecular weight excluding hydrogens is 796 g/mol. The molecule has 0 spiro atoms. The maximum atomic E-state index is 9.60. The molecule has 1 aliphatic heterocycles. The number of allylic oxidation sites excluding steroid dienone is 6. The van der Waals surface area contributed by atoms with Crippen LogP contribution >= 0.6 is 54.5 Å². The molecule has 7 heteroatoms. The standard InChI is InChI=1S/C44H58Br2N2OS2/c1-3-5-7-9-11-13-15-17-19-21-23-35-31-41(50-43(35)45)27-25-39-29-37(38(33-47)34-48)30-40(49-39)26-28-42-32-36(44(46)51-42)24-22-20-18-16-14-12-10-8-6-4-2/h25-32H,3-24H2,1-2H3/b27-25+,28-26+. The Kier molecular flexibility index (Phi) is 22.5. The van der Waals surface area contributed by atoms with Crippen molar-refractivity contribution < 1.29 is 4.74 Å². The lowest BCUT2D eigenvalue weighted by Gasteiger charge is -2.13. The topological polar surface area (TPSA) is 56.8 Å². The summed E-state index contributed by atoms with van der Waals surface area (Å²) >= 11 is 11.0. The highest BCUT2D eigenvalue weighted by molar-refractivity contribution is 9.11. The predicted molar refractivity (Wildman–Crippen MR) is 229 cm³/mol. The van der Waals surface area contributed by atoms with Crippen LogP contribution in [0, 0.1) is 22.7 Å². The van der Waals surface area contributed by atoms with Crippen LogP contribution in [0.3, 0.4) is 0 Å². The predicted octanol–water partition coefficient (Wildman–Crippen LogP) is 16.1. The van der Waals surface area contributed by atoms with Crippen molar-refractivity contribution in [2.75, 3.05) is 0 Å². The molecule has 276 valence electrons. The van der Waals surface area contributed by atoms with Crippen molar-refractivity contribution in [3.8, 4) is 12.1 Å². The van der Waals surface area contributed by atoms with Crippen LogP contribution in [0.2, 0.25) is 0 Å². The maximum absolute atomic E-state index is 9.60. The number of nitrogens with zero attached hydrogens (tertiary/aromatic N) is 2. The molecule has 0 unspecified atom stereocenters. The van der Waals surface area contributed by atoms with Gasteiger partial charge in [0.15, 0.2) is 0 Å². The monoisotopic (exact) mass is 852 g/mol. The van der Waals surface area contributed by atoms with Crippen LogP contribution in [0.4, 0.5) is 0 Å². The molecule has 3 heterocycles. The Bertz CT molecular complexity index is 1450. The first-order valence-corrected chi connectivity index (χ1v) is 22.8. The lowest BCUT2D eigenvalue weighted by atomic mass is 10.0. The molecular formula is C44H58Br2N2OS2. The van der Waals surface area contributed by atoms with Gasteiger partial charge in [-0.1, -0.05) is 129 Å². The largest absolute Gasteiger partial charge is 0.457 e. The lowest BCUT2D eigenvalue weighted by molar-refractivity contribution is 0.332. The number of nitriles is 2. The highest BCUT2D eigenvalue weighted by atomic mass is 79.9. The van der Waals surface area contributed by atoms with E-state index >= 15 is 0 Å². The SMILES string of the molecule is CCCCCCCCCCCCc1cc(/C=C/C2=CC(=C(C#N)C#N)C=C(/C=C/c3cc(CCCCCCCCCCCC)c(Br)s3)O2)sc1Br. The number of halogens is 2. The molecule has 0 bridgehead atoms. The normalized spacial score (nSPS) is 13.0. The molecule has 3 nitrogen and oxygen atoms in total. The van der Waals surface area contributed by atoms with Crippen molar-refractivity contribution in [2.24, 2.45) is 0 Å². The Hall–Kier alpha value is -2.16. The fourth-order valence-corrected chi connectivity index (χ4v) is 9.72. The second-order valence-corrected chi connectivity index (χ2v) is 18.5. The van der Waals surface area contributed by atoms with Crippen LogP contribution in [-0.2, 0) is 17.6 Å². The molecule has 0 N–H and O–H groups in total. The van der Waals surface area contributed by atoms with E-state index in [0.29, 0.717) is 17.1 Å². The third-order valence-corrected chi connectivity index (χ3v) is 13.2. The Morgan fingerprint density at radius 3 is 1.27 bits per heavy atom. The van der Waals surface area contributed by atoms with Gasteiger partial charge in [-0.15, -0.1) is 22.7 Å². The lowest BCUT2D eigenvalue weighted by Crippen LogP contribution is -1.98. The van der Waals surface area contributed by atoms with E-state index in [1.165, 1.54) is 147 Å². The van der Waals surface area contributed by atoms with Gasteiger partial charge in [0.2, 0.25) is 0 Å². The minimum atomic E-state index is 0.0744. The van der Waals surface area contributed by atoms with Crippen molar-refractivity contribution in [2.45, 2.75) is 155 Å². The molecule has 0 aromatic carbocycles. The summed E-state index contributed by atoms with van der Waals surface area (Å²) in [6.45, 7) is 4.55. The van der Waals surface area contributed by atoms with E-state index in [1.807, 2.05) is 24.3 Å². The van der Waals surface area contributed by atoms with Crippen LogP contribution in [0.25, 0.3) is 12.2 Å². The number of unbranched alkanes of at least 4 members (excludes halogenated alkanes) is 18. The summed E-state index contributed by atoms with van der Waals surface area (Å²) in [6.07, 6.45) is 40.5. The van der Waals surface area contributed by atoms with E-state index in [-0.39, 0.29) is 5.57 Å². The van der Waals surface area contributed by atoms with Crippen molar-refractivity contribution in [1.29, 1.82) is 10.5 Å². The van der Waals surface area contributed by atoms with E-state index in [2.05, 4.69) is 70.0 Å². The van der Waals surface area contributed by atoms with Gasteiger partial charge in [-0.3, -0.25) is 0 Å². The highest BCUT2D eigenvalue weighted by Crippen LogP contribution is 2.33. The van der Waals surface area contributed by atoms with Crippen LogP contribution in [0.15, 0.2) is 66.7 Å². The van der Waals surface area contributed by atoms with Gasteiger partial charge in [0.05, 0.1) is 7.57 Å². The average molecular weight is 855 g/mol. The van der Waals surface area contributed by atoms with Gasteiger partial charge in [0.1, 0.15) is 29.2 Å². The van der Waals surface area contributed by atoms with Crippen LogP contribution < -0.4 is 0 Å². The first kappa shape index (κ1) is 43.2. The molecule has 0 fully saturated rings. The van der Waals surface area contributed by atoms with Crippen LogP contribution in [-0.4, -0.2) is 0 Å². The summed E-state index contributed by atoms with van der Waals surface area (Å²) < 4.78 is 8.61. The Morgan fingerprint density at radius 2 is 0.922 bits per heavy atom. The molecule has 2 aromatic rings. The van der Waals surface area contributed by atoms with E-state index in [1.54, 1.807) is 34.8 Å². The second kappa shape index (κ2) is 26.6. The highest BCUT2D eigenvalue weighted by Gasteiger charge is 2.13. The van der Waals surface area contributed by atoms with Gasteiger partial charge in [-0.25, -0.2) is 0 Å². The summed E-state index contributed by atoms with van der Waals surface area (Å²) in [6, 6.07) is 8.60. The maximum Gasteiger partial charge on any atom is 0.137 e. The van der Waals surface area contributed by atoms with Crippen molar-refractivity contribution in [3.63, 3.8) is 0 Å². The van der Waals surface area contributed by atoms with Gasteiger partial charge >= 0.3 is 0 Å². The molecule has 0 radical (unpaired) electrons. The van der Waals surface area contributed by atoms with Crippen molar-refractivity contribution >= 4 is 66.7 Å². The fourth-order valence-electron chi connectivity index (χ4n) is 6.30.